The molecule has 0 aromatic heterocycles. The Bertz CT molecular complexity index is 1280. The average molecular weight is 482 g/mol. The van der Waals surface area contributed by atoms with E-state index < -0.39 is 23.3 Å². The number of nitrogens with one attached hydrogen (secondary N) is 1. The molecule has 3 saturated heterocycles. The van der Waals surface area contributed by atoms with E-state index in [1.807, 2.05) is 13.0 Å². The molecule has 4 aliphatic rings. The second-order valence-electron chi connectivity index (χ2n) is 9.27. The van der Waals surface area contributed by atoms with Crippen LogP contribution in [-0.2, 0) is 19.9 Å². The highest BCUT2D eigenvalue weighted by molar-refractivity contribution is 6.32. The van der Waals surface area contributed by atoms with Gasteiger partial charge in [-0.1, -0.05) is 17.7 Å². The monoisotopic (exact) mass is 481 g/mol. The standard InChI is InChI=1S/C25H24ClN3O5/c1-12-15(26)8-7-14-21(12)27-24(32)25(14)20-19(16-5-4-10-28(16)25)22(30)29(23(20)31)17-11-13(33-2)6-9-18(17)34-3/h6-9,11,16,19-20H,4-5,10H2,1-3H3,(H,27,32)/t16-,19+,20+,25-/m0/s1. The summed E-state index contributed by atoms with van der Waals surface area (Å²) in [4.78, 5) is 45.1. The second kappa shape index (κ2) is 7.20. The first-order chi connectivity index (χ1) is 16.4. The molecular weight excluding hydrogens is 458 g/mol. The van der Waals surface area contributed by atoms with Crippen LogP contribution in [0.15, 0.2) is 30.3 Å². The third kappa shape index (κ3) is 2.40. The fourth-order valence-electron chi connectivity index (χ4n) is 6.60. The molecule has 1 spiro atoms. The highest BCUT2D eigenvalue weighted by Crippen LogP contribution is 2.61. The molecule has 9 heteroatoms. The third-order valence-electron chi connectivity index (χ3n) is 7.99. The van der Waals surface area contributed by atoms with Crippen molar-refractivity contribution in [1.29, 1.82) is 0 Å². The molecule has 2 aromatic carbocycles. The zero-order chi connectivity index (χ0) is 23.9. The number of halogens is 1. The summed E-state index contributed by atoms with van der Waals surface area (Å²) in [7, 11) is 3.01. The first-order valence-electron chi connectivity index (χ1n) is 11.3. The molecule has 176 valence electrons. The molecular formula is C25H24ClN3O5. The lowest BCUT2D eigenvalue weighted by atomic mass is 9.75. The van der Waals surface area contributed by atoms with Gasteiger partial charge in [0.15, 0.2) is 0 Å². The fraction of sp³-hybridized carbons (Fsp3) is 0.400. The van der Waals surface area contributed by atoms with Crippen LogP contribution in [0.5, 0.6) is 11.5 Å². The van der Waals surface area contributed by atoms with Gasteiger partial charge in [0.1, 0.15) is 17.0 Å². The van der Waals surface area contributed by atoms with E-state index in [4.69, 9.17) is 21.1 Å². The molecule has 0 radical (unpaired) electrons. The molecule has 34 heavy (non-hydrogen) atoms. The van der Waals surface area contributed by atoms with Crippen LogP contribution in [0.1, 0.15) is 24.0 Å². The first kappa shape index (κ1) is 21.4. The quantitative estimate of drug-likeness (QED) is 0.678. The SMILES string of the molecule is COc1ccc(OC)c(N2C(=O)[C@@H]3[C@@H]4CCCN4[C@]4(C(=O)Nc5c4ccc(Cl)c5C)[C@H]3C2=O)c1. The number of amides is 3. The Hall–Kier alpha value is -3.10. The Morgan fingerprint density at radius 3 is 2.62 bits per heavy atom. The molecule has 3 fully saturated rings. The first-order valence-corrected chi connectivity index (χ1v) is 11.7. The van der Waals surface area contributed by atoms with Gasteiger partial charge < -0.3 is 14.8 Å². The van der Waals surface area contributed by atoms with Gasteiger partial charge in [-0.05, 0) is 50.1 Å². The number of anilines is 2. The lowest BCUT2D eigenvalue weighted by molar-refractivity contribution is -0.135. The van der Waals surface area contributed by atoms with Crippen LogP contribution in [0.4, 0.5) is 11.4 Å². The number of methoxy groups -OCH3 is 2. The number of hydrogen-bond donors (Lipinski definition) is 1. The molecule has 6 rings (SSSR count). The minimum absolute atomic E-state index is 0.198. The number of carbonyl (C=O) groups excluding carboxylic acids is 3. The minimum Gasteiger partial charge on any atom is -0.497 e. The summed E-state index contributed by atoms with van der Waals surface area (Å²) < 4.78 is 10.8. The van der Waals surface area contributed by atoms with E-state index in [1.165, 1.54) is 19.1 Å². The maximum absolute atomic E-state index is 14.1. The van der Waals surface area contributed by atoms with Crippen LogP contribution in [0.3, 0.4) is 0 Å². The minimum atomic E-state index is -1.25. The van der Waals surface area contributed by atoms with Crippen LogP contribution in [-0.4, -0.2) is 49.4 Å². The fourth-order valence-corrected chi connectivity index (χ4v) is 6.76. The number of imide groups is 1. The van der Waals surface area contributed by atoms with Crippen molar-refractivity contribution in [2.45, 2.75) is 31.3 Å². The molecule has 1 N–H and O–H groups in total. The van der Waals surface area contributed by atoms with Crippen molar-refractivity contribution >= 4 is 40.7 Å². The van der Waals surface area contributed by atoms with Gasteiger partial charge in [-0.15, -0.1) is 0 Å². The summed E-state index contributed by atoms with van der Waals surface area (Å²) in [5.74, 6) is -1.55. The van der Waals surface area contributed by atoms with Crippen molar-refractivity contribution in [1.82, 2.24) is 4.90 Å². The van der Waals surface area contributed by atoms with Crippen LogP contribution < -0.4 is 19.7 Å². The van der Waals surface area contributed by atoms with E-state index in [0.717, 1.165) is 24.0 Å². The molecule has 0 aliphatic carbocycles. The number of carbonyl (C=O) groups is 3. The van der Waals surface area contributed by atoms with E-state index in [1.54, 1.807) is 24.3 Å². The lowest BCUT2D eigenvalue weighted by Crippen LogP contribution is -2.54. The molecule has 3 amide bonds. The number of fused-ring (bicyclic) bond motifs is 7. The van der Waals surface area contributed by atoms with Crippen LogP contribution in [0.2, 0.25) is 5.02 Å². The van der Waals surface area contributed by atoms with Crippen molar-refractivity contribution in [3.63, 3.8) is 0 Å². The number of hydrogen-bond acceptors (Lipinski definition) is 6. The molecule has 8 nitrogen and oxygen atoms in total. The highest BCUT2D eigenvalue weighted by Gasteiger charge is 2.74. The van der Waals surface area contributed by atoms with E-state index in [-0.39, 0.29) is 17.9 Å². The molecule has 4 aliphatic heterocycles. The molecule has 0 unspecified atom stereocenters. The predicted octanol–water partition coefficient (Wildman–Crippen LogP) is 3.10. The van der Waals surface area contributed by atoms with Gasteiger partial charge in [-0.3, -0.25) is 19.3 Å². The number of nitrogens with zero attached hydrogens (tertiary/aromatic N) is 2. The summed E-state index contributed by atoms with van der Waals surface area (Å²) in [5.41, 5.74) is 1.20. The van der Waals surface area contributed by atoms with Gasteiger partial charge >= 0.3 is 0 Å². The molecule has 0 saturated carbocycles. The smallest absolute Gasteiger partial charge is 0.250 e. The molecule has 2 aromatic rings. The predicted molar refractivity (Wildman–Crippen MR) is 125 cm³/mol. The third-order valence-corrected chi connectivity index (χ3v) is 8.40. The molecule has 4 atom stereocenters. The van der Waals surface area contributed by atoms with E-state index in [9.17, 15) is 14.4 Å². The van der Waals surface area contributed by atoms with Crippen molar-refractivity contribution in [2.24, 2.45) is 11.8 Å². The zero-order valence-electron chi connectivity index (χ0n) is 19.1. The van der Waals surface area contributed by atoms with Gasteiger partial charge in [-0.2, -0.15) is 0 Å². The maximum Gasteiger partial charge on any atom is 0.250 e. The summed E-state index contributed by atoms with van der Waals surface area (Å²) in [6, 6.07) is 8.40. The number of rotatable bonds is 3. The zero-order valence-corrected chi connectivity index (χ0v) is 19.8. The van der Waals surface area contributed by atoms with Gasteiger partial charge in [0.2, 0.25) is 17.7 Å². The van der Waals surface area contributed by atoms with Crippen molar-refractivity contribution in [2.75, 3.05) is 31.0 Å². The number of ether oxygens (including phenoxy) is 2. The van der Waals surface area contributed by atoms with Crippen molar-refractivity contribution < 1.29 is 23.9 Å². The van der Waals surface area contributed by atoms with Crippen LogP contribution in [0.25, 0.3) is 0 Å². The second-order valence-corrected chi connectivity index (χ2v) is 9.68. The van der Waals surface area contributed by atoms with Crippen LogP contribution in [0, 0.1) is 18.8 Å². The van der Waals surface area contributed by atoms with Crippen LogP contribution >= 0.6 is 11.6 Å². The molecule has 0 bridgehead atoms. The Kier molecular flexibility index (Phi) is 4.54. The number of benzene rings is 2. The lowest BCUT2D eigenvalue weighted by Gasteiger charge is -2.36. The summed E-state index contributed by atoms with van der Waals surface area (Å²) in [6.45, 7) is 2.50. The topological polar surface area (TPSA) is 88.2 Å². The van der Waals surface area contributed by atoms with E-state index in [0.29, 0.717) is 34.4 Å². The van der Waals surface area contributed by atoms with E-state index in [2.05, 4.69) is 10.2 Å². The average Bonchev–Trinajstić information content (AvgIpc) is 3.54. The Morgan fingerprint density at radius 1 is 1.09 bits per heavy atom. The van der Waals surface area contributed by atoms with Crippen molar-refractivity contribution in [3.05, 3.63) is 46.5 Å². The summed E-state index contributed by atoms with van der Waals surface area (Å²) in [6.07, 6.45) is 1.61. The van der Waals surface area contributed by atoms with Gasteiger partial charge in [0.25, 0.3) is 0 Å². The summed E-state index contributed by atoms with van der Waals surface area (Å²) >= 11 is 6.35. The summed E-state index contributed by atoms with van der Waals surface area (Å²) in [5, 5.41) is 3.55. The maximum atomic E-state index is 14.1. The van der Waals surface area contributed by atoms with E-state index >= 15 is 0 Å². The Morgan fingerprint density at radius 2 is 1.88 bits per heavy atom. The highest BCUT2D eigenvalue weighted by atomic mass is 35.5. The normalized spacial score (nSPS) is 29.5. The van der Waals surface area contributed by atoms with Gasteiger partial charge in [-0.25, -0.2) is 4.90 Å². The largest absolute Gasteiger partial charge is 0.497 e. The van der Waals surface area contributed by atoms with Gasteiger partial charge in [0, 0.05) is 22.7 Å². The molecule has 4 heterocycles. The van der Waals surface area contributed by atoms with Crippen molar-refractivity contribution in [3.8, 4) is 11.5 Å². The Labute approximate surface area is 201 Å². The Balaban J connectivity index is 1.56. The van der Waals surface area contributed by atoms with Gasteiger partial charge in [0.05, 0.1) is 37.4 Å².